The van der Waals surface area contributed by atoms with Crippen LogP contribution >= 0.6 is 0 Å². The lowest BCUT2D eigenvalue weighted by atomic mass is 10.0. The lowest BCUT2D eigenvalue weighted by molar-refractivity contribution is -0.0363. The van der Waals surface area contributed by atoms with Crippen LogP contribution in [0, 0.1) is 12.8 Å². The summed E-state index contributed by atoms with van der Waals surface area (Å²) in [5, 5.41) is 3.00. The highest BCUT2D eigenvalue weighted by molar-refractivity contribution is 5.39. The average Bonchev–Trinajstić information content (AvgIpc) is 2.88. The van der Waals surface area contributed by atoms with E-state index in [0.29, 0.717) is 18.3 Å². The third-order valence-electron chi connectivity index (χ3n) is 4.55. The molecule has 0 bridgehead atoms. The smallest absolute Gasteiger partial charge is 0.272 e. The van der Waals surface area contributed by atoms with Gasteiger partial charge in [-0.05, 0) is 19.3 Å². The molecule has 0 aliphatic carbocycles. The van der Waals surface area contributed by atoms with Crippen molar-refractivity contribution in [1.29, 1.82) is 0 Å². The molecular formula is C18H28N4O2. The molecule has 1 saturated heterocycles. The fraction of sp³-hybridized carbons (Fsp3) is 0.667. The molecule has 1 aliphatic rings. The number of aromatic amines is 1. The molecule has 3 rings (SSSR count). The monoisotopic (exact) mass is 332 g/mol. The highest BCUT2D eigenvalue weighted by atomic mass is 16.5. The molecule has 0 spiro atoms. The summed E-state index contributed by atoms with van der Waals surface area (Å²) >= 11 is 0. The van der Waals surface area contributed by atoms with Gasteiger partial charge in [-0.15, -0.1) is 0 Å². The van der Waals surface area contributed by atoms with Gasteiger partial charge in [0.2, 0.25) is 0 Å². The van der Waals surface area contributed by atoms with E-state index in [2.05, 4.69) is 28.8 Å². The topological polar surface area (TPSA) is 62.6 Å². The SMILES string of the molecule is Cc1cc2nc(CN3CCOC(CCCC(C)C)C3)cc(=O)n2[nH]1. The van der Waals surface area contributed by atoms with Crippen molar-refractivity contribution >= 4 is 5.65 Å². The highest BCUT2D eigenvalue weighted by Gasteiger charge is 2.21. The molecule has 132 valence electrons. The van der Waals surface area contributed by atoms with Crippen LogP contribution in [-0.2, 0) is 11.3 Å². The number of rotatable bonds is 6. The standard InChI is InChI=1S/C18H28N4O2/c1-13(2)5-4-6-16-12-21(7-8-24-16)11-15-10-18(23)22-17(19-15)9-14(3)20-22/h9-10,13,16,20H,4-8,11-12H2,1-3H3. The third kappa shape index (κ3) is 4.24. The molecule has 1 atom stereocenters. The van der Waals surface area contributed by atoms with Crippen LogP contribution in [0.1, 0.15) is 44.5 Å². The Morgan fingerprint density at radius 1 is 1.42 bits per heavy atom. The number of nitrogens with zero attached hydrogens (tertiary/aromatic N) is 3. The maximum absolute atomic E-state index is 12.2. The minimum absolute atomic E-state index is 0.0511. The van der Waals surface area contributed by atoms with Gasteiger partial charge in [-0.3, -0.25) is 14.8 Å². The summed E-state index contributed by atoms with van der Waals surface area (Å²) in [4.78, 5) is 19.1. The molecule has 1 N–H and O–H groups in total. The van der Waals surface area contributed by atoms with Crippen molar-refractivity contribution in [2.24, 2.45) is 5.92 Å². The van der Waals surface area contributed by atoms with Crippen molar-refractivity contribution in [2.75, 3.05) is 19.7 Å². The number of aromatic nitrogens is 3. The maximum Gasteiger partial charge on any atom is 0.272 e. The first-order chi connectivity index (χ1) is 11.5. The molecule has 6 nitrogen and oxygen atoms in total. The van der Waals surface area contributed by atoms with Gasteiger partial charge in [0, 0.05) is 37.5 Å². The molecule has 1 aliphatic heterocycles. The van der Waals surface area contributed by atoms with E-state index in [-0.39, 0.29) is 5.56 Å². The van der Waals surface area contributed by atoms with Crippen molar-refractivity contribution in [1.82, 2.24) is 19.5 Å². The van der Waals surface area contributed by atoms with E-state index in [1.54, 1.807) is 6.07 Å². The Balaban J connectivity index is 1.62. The summed E-state index contributed by atoms with van der Waals surface area (Å²) in [7, 11) is 0. The molecule has 2 aromatic rings. The fourth-order valence-corrected chi connectivity index (χ4v) is 3.32. The second-order valence-electron chi connectivity index (χ2n) is 7.27. The molecule has 1 unspecified atom stereocenters. The Morgan fingerprint density at radius 2 is 2.25 bits per heavy atom. The summed E-state index contributed by atoms with van der Waals surface area (Å²) in [5.41, 5.74) is 2.41. The quantitative estimate of drug-likeness (QED) is 0.882. The molecule has 3 heterocycles. The Kier molecular flexibility index (Phi) is 5.36. The van der Waals surface area contributed by atoms with E-state index in [9.17, 15) is 4.79 Å². The molecule has 2 aromatic heterocycles. The average molecular weight is 332 g/mol. The summed E-state index contributed by atoms with van der Waals surface area (Å²) < 4.78 is 7.39. The van der Waals surface area contributed by atoms with Crippen LogP contribution in [0.15, 0.2) is 16.9 Å². The van der Waals surface area contributed by atoms with Gasteiger partial charge in [-0.2, -0.15) is 0 Å². The van der Waals surface area contributed by atoms with E-state index in [1.165, 1.54) is 17.4 Å². The van der Waals surface area contributed by atoms with Gasteiger partial charge in [0.15, 0.2) is 5.65 Å². The number of aryl methyl sites for hydroxylation is 1. The predicted molar refractivity (Wildman–Crippen MR) is 94.3 cm³/mol. The van der Waals surface area contributed by atoms with Gasteiger partial charge in [0.25, 0.3) is 5.56 Å². The molecule has 6 heteroatoms. The van der Waals surface area contributed by atoms with Gasteiger partial charge in [0.1, 0.15) is 0 Å². The molecule has 0 radical (unpaired) electrons. The lowest BCUT2D eigenvalue weighted by Crippen LogP contribution is -2.42. The number of fused-ring (bicyclic) bond motifs is 1. The van der Waals surface area contributed by atoms with Crippen LogP contribution in [0.5, 0.6) is 0 Å². The Morgan fingerprint density at radius 3 is 3.04 bits per heavy atom. The van der Waals surface area contributed by atoms with Gasteiger partial charge in [0.05, 0.1) is 18.4 Å². The third-order valence-corrected chi connectivity index (χ3v) is 4.55. The Labute approximate surface area is 142 Å². The second kappa shape index (κ2) is 7.49. The van der Waals surface area contributed by atoms with Crippen LogP contribution in [0.4, 0.5) is 0 Å². The van der Waals surface area contributed by atoms with Gasteiger partial charge < -0.3 is 4.74 Å². The van der Waals surface area contributed by atoms with Crippen molar-refractivity contribution in [3.05, 3.63) is 33.9 Å². The van der Waals surface area contributed by atoms with Gasteiger partial charge in [-0.1, -0.05) is 26.7 Å². The first-order valence-corrected chi connectivity index (χ1v) is 8.93. The van der Waals surface area contributed by atoms with Crippen LogP contribution < -0.4 is 5.56 Å². The largest absolute Gasteiger partial charge is 0.376 e. The van der Waals surface area contributed by atoms with Crippen molar-refractivity contribution in [2.45, 2.75) is 52.7 Å². The van der Waals surface area contributed by atoms with Crippen LogP contribution in [-0.4, -0.2) is 45.3 Å². The first-order valence-electron chi connectivity index (χ1n) is 8.93. The van der Waals surface area contributed by atoms with E-state index >= 15 is 0 Å². The number of hydrogen-bond acceptors (Lipinski definition) is 4. The highest BCUT2D eigenvalue weighted by Crippen LogP contribution is 2.16. The number of hydrogen-bond donors (Lipinski definition) is 1. The normalized spacial score (nSPS) is 19.4. The number of ether oxygens (including phenoxy) is 1. The maximum atomic E-state index is 12.2. The van der Waals surface area contributed by atoms with Crippen molar-refractivity contribution in [3.8, 4) is 0 Å². The van der Waals surface area contributed by atoms with E-state index < -0.39 is 0 Å². The zero-order chi connectivity index (χ0) is 17.1. The Bertz CT molecular complexity index is 734. The van der Waals surface area contributed by atoms with Gasteiger partial charge in [-0.25, -0.2) is 9.50 Å². The summed E-state index contributed by atoms with van der Waals surface area (Å²) in [5.74, 6) is 0.749. The zero-order valence-corrected chi connectivity index (χ0v) is 14.9. The minimum Gasteiger partial charge on any atom is -0.376 e. The predicted octanol–water partition coefficient (Wildman–Crippen LogP) is 2.36. The van der Waals surface area contributed by atoms with E-state index in [0.717, 1.165) is 43.4 Å². The first kappa shape index (κ1) is 17.2. The number of H-pyrrole nitrogens is 1. The van der Waals surface area contributed by atoms with Crippen molar-refractivity contribution in [3.63, 3.8) is 0 Å². The minimum atomic E-state index is -0.0511. The Hall–Kier alpha value is -1.66. The number of morpholine rings is 1. The van der Waals surface area contributed by atoms with Crippen LogP contribution in [0.3, 0.4) is 0 Å². The van der Waals surface area contributed by atoms with Crippen molar-refractivity contribution < 1.29 is 4.74 Å². The number of nitrogens with one attached hydrogen (secondary N) is 1. The van der Waals surface area contributed by atoms with Crippen LogP contribution in [0.25, 0.3) is 5.65 Å². The molecule has 0 amide bonds. The molecule has 24 heavy (non-hydrogen) atoms. The van der Waals surface area contributed by atoms with Gasteiger partial charge >= 0.3 is 0 Å². The van der Waals surface area contributed by atoms with E-state index in [1.807, 2.05) is 13.0 Å². The molecule has 0 aromatic carbocycles. The molecule has 0 saturated carbocycles. The summed E-state index contributed by atoms with van der Waals surface area (Å²) in [6, 6.07) is 3.53. The molecule has 1 fully saturated rings. The lowest BCUT2D eigenvalue weighted by Gasteiger charge is -2.32. The zero-order valence-electron chi connectivity index (χ0n) is 14.9. The second-order valence-corrected chi connectivity index (χ2v) is 7.27. The summed E-state index contributed by atoms with van der Waals surface area (Å²) in [6.45, 7) is 9.74. The summed E-state index contributed by atoms with van der Waals surface area (Å²) in [6.07, 6.45) is 3.88. The molecular weight excluding hydrogens is 304 g/mol. The van der Waals surface area contributed by atoms with Crippen LogP contribution in [0.2, 0.25) is 0 Å². The van der Waals surface area contributed by atoms with E-state index in [4.69, 9.17) is 4.74 Å². The fourth-order valence-electron chi connectivity index (χ4n) is 3.32.